The van der Waals surface area contributed by atoms with Crippen LogP contribution >= 0.6 is 23.2 Å². The van der Waals surface area contributed by atoms with E-state index in [1.807, 2.05) is 12.1 Å². The van der Waals surface area contributed by atoms with Gasteiger partial charge in [0.05, 0.1) is 10.7 Å². The van der Waals surface area contributed by atoms with Crippen LogP contribution in [-0.2, 0) is 23.1 Å². The third-order valence-corrected chi connectivity index (χ3v) is 5.82. The Balaban J connectivity index is 1.67. The molecule has 0 aliphatic carbocycles. The molecule has 28 heavy (non-hydrogen) atoms. The molecule has 2 N–H and O–H groups in total. The molecule has 0 unspecified atom stereocenters. The third-order valence-electron chi connectivity index (χ3n) is 5.11. The summed E-state index contributed by atoms with van der Waals surface area (Å²) in [6.07, 6.45) is -3.60. The lowest BCUT2D eigenvalue weighted by molar-refractivity contribution is -0.142. The van der Waals surface area contributed by atoms with Crippen LogP contribution in [0.15, 0.2) is 24.3 Å². The quantitative estimate of drug-likeness (QED) is 0.793. The standard InChI is InChI=1S/C18H19Cl2F3N4O/c1-11-15(20)16(18(21,22)23)25-27(11)10-14(28)26-8-6-17(24,7-9-26)12-2-4-13(19)5-3-12/h2-5H,6-10,24H2,1H3. The number of rotatable bonds is 3. The Morgan fingerprint density at radius 3 is 2.29 bits per heavy atom. The summed E-state index contributed by atoms with van der Waals surface area (Å²) in [6, 6.07) is 7.28. The Kier molecular flexibility index (Phi) is 5.67. The zero-order valence-corrected chi connectivity index (χ0v) is 16.6. The van der Waals surface area contributed by atoms with E-state index in [9.17, 15) is 18.0 Å². The van der Waals surface area contributed by atoms with Crippen molar-refractivity contribution in [3.63, 3.8) is 0 Å². The summed E-state index contributed by atoms with van der Waals surface area (Å²) in [6.45, 7) is 1.90. The average Bonchev–Trinajstić information content (AvgIpc) is 2.91. The topological polar surface area (TPSA) is 64.2 Å². The number of nitrogens with zero attached hydrogens (tertiary/aromatic N) is 3. The number of carbonyl (C=O) groups is 1. The summed E-state index contributed by atoms with van der Waals surface area (Å²) >= 11 is 11.6. The van der Waals surface area contributed by atoms with Crippen LogP contribution in [0.1, 0.15) is 29.8 Å². The second kappa shape index (κ2) is 7.57. The zero-order chi connectivity index (χ0) is 20.7. The highest BCUT2D eigenvalue weighted by atomic mass is 35.5. The predicted octanol–water partition coefficient (Wildman–Crippen LogP) is 3.99. The minimum atomic E-state index is -4.67. The highest BCUT2D eigenvalue weighted by Gasteiger charge is 2.39. The molecule has 1 aliphatic heterocycles. The van der Waals surface area contributed by atoms with E-state index in [1.54, 1.807) is 17.0 Å². The van der Waals surface area contributed by atoms with Gasteiger partial charge in [0.25, 0.3) is 0 Å². The van der Waals surface area contributed by atoms with E-state index in [0.29, 0.717) is 31.0 Å². The van der Waals surface area contributed by atoms with Crippen molar-refractivity contribution >= 4 is 29.1 Å². The molecule has 1 aliphatic rings. The number of nitrogens with two attached hydrogens (primary N) is 1. The fourth-order valence-corrected chi connectivity index (χ4v) is 3.68. The molecule has 0 bridgehead atoms. The van der Waals surface area contributed by atoms with Crippen LogP contribution in [0.25, 0.3) is 0 Å². The number of piperidine rings is 1. The van der Waals surface area contributed by atoms with Gasteiger partial charge in [-0.05, 0) is 37.5 Å². The summed E-state index contributed by atoms with van der Waals surface area (Å²) in [4.78, 5) is 14.2. The first-order chi connectivity index (χ1) is 13.0. The fraction of sp³-hybridized carbons (Fsp3) is 0.444. The van der Waals surface area contributed by atoms with E-state index in [0.717, 1.165) is 10.2 Å². The van der Waals surface area contributed by atoms with E-state index in [1.165, 1.54) is 6.92 Å². The summed E-state index contributed by atoms with van der Waals surface area (Å²) in [5.41, 5.74) is 5.79. The van der Waals surface area contributed by atoms with Crippen LogP contribution in [0.2, 0.25) is 10.0 Å². The monoisotopic (exact) mass is 434 g/mol. The lowest BCUT2D eigenvalue weighted by Crippen LogP contribution is -2.50. The number of alkyl halides is 3. The number of hydrogen-bond acceptors (Lipinski definition) is 3. The number of amides is 1. The largest absolute Gasteiger partial charge is 0.436 e. The number of likely N-dealkylation sites (tertiary alicyclic amines) is 1. The molecule has 0 radical (unpaired) electrons. The molecule has 1 fully saturated rings. The van der Waals surface area contributed by atoms with Crippen molar-refractivity contribution in [1.82, 2.24) is 14.7 Å². The Hall–Kier alpha value is -1.77. The van der Waals surface area contributed by atoms with Crippen LogP contribution in [0.4, 0.5) is 13.2 Å². The van der Waals surface area contributed by atoms with Crippen LogP contribution in [0.5, 0.6) is 0 Å². The maximum absolute atomic E-state index is 12.9. The Bertz CT molecular complexity index is 872. The molecule has 5 nitrogen and oxygen atoms in total. The van der Waals surface area contributed by atoms with E-state index >= 15 is 0 Å². The lowest BCUT2D eigenvalue weighted by Gasteiger charge is -2.39. The number of hydrogen-bond donors (Lipinski definition) is 1. The first-order valence-electron chi connectivity index (χ1n) is 8.64. The van der Waals surface area contributed by atoms with Gasteiger partial charge in [-0.2, -0.15) is 18.3 Å². The minimum Gasteiger partial charge on any atom is -0.341 e. The van der Waals surface area contributed by atoms with Gasteiger partial charge in [0.2, 0.25) is 5.91 Å². The normalized spacial score (nSPS) is 17.0. The van der Waals surface area contributed by atoms with Crippen LogP contribution < -0.4 is 5.73 Å². The Labute approximate surface area is 170 Å². The van der Waals surface area contributed by atoms with Crippen LogP contribution in [0.3, 0.4) is 0 Å². The van der Waals surface area contributed by atoms with Gasteiger partial charge >= 0.3 is 6.18 Å². The lowest BCUT2D eigenvalue weighted by atomic mass is 9.82. The van der Waals surface area contributed by atoms with E-state index in [4.69, 9.17) is 28.9 Å². The molecule has 152 valence electrons. The maximum Gasteiger partial charge on any atom is 0.436 e. The first-order valence-corrected chi connectivity index (χ1v) is 9.40. The van der Waals surface area contributed by atoms with Crippen molar-refractivity contribution in [2.24, 2.45) is 5.73 Å². The third kappa shape index (κ3) is 4.14. The summed E-state index contributed by atoms with van der Waals surface area (Å²) in [7, 11) is 0. The van der Waals surface area contributed by atoms with E-state index in [2.05, 4.69) is 5.10 Å². The fourth-order valence-electron chi connectivity index (χ4n) is 3.31. The van der Waals surface area contributed by atoms with Crippen molar-refractivity contribution in [2.75, 3.05) is 13.1 Å². The molecule has 0 saturated carbocycles. The van der Waals surface area contributed by atoms with Gasteiger partial charge in [0.1, 0.15) is 6.54 Å². The van der Waals surface area contributed by atoms with Gasteiger partial charge in [0, 0.05) is 23.7 Å². The molecule has 2 heterocycles. The highest BCUT2D eigenvalue weighted by Crippen LogP contribution is 2.35. The summed E-state index contributed by atoms with van der Waals surface area (Å²) < 4.78 is 39.8. The minimum absolute atomic E-state index is 0.105. The van der Waals surface area contributed by atoms with E-state index < -0.39 is 22.4 Å². The van der Waals surface area contributed by atoms with Gasteiger partial charge in [-0.3, -0.25) is 9.48 Å². The van der Waals surface area contributed by atoms with Gasteiger partial charge in [-0.15, -0.1) is 0 Å². The molecule has 1 amide bonds. The van der Waals surface area contributed by atoms with Crippen LogP contribution in [-0.4, -0.2) is 33.7 Å². The smallest absolute Gasteiger partial charge is 0.341 e. The molecule has 2 aromatic rings. The molecule has 1 saturated heterocycles. The number of benzene rings is 1. The maximum atomic E-state index is 12.9. The first kappa shape index (κ1) is 21.0. The molecule has 0 spiro atoms. The Morgan fingerprint density at radius 1 is 1.21 bits per heavy atom. The van der Waals surface area contributed by atoms with Gasteiger partial charge in [-0.25, -0.2) is 0 Å². The van der Waals surface area contributed by atoms with E-state index in [-0.39, 0.29) is 18.1 Å². The molecular weight excluding hydrogens is 416 g/mol. The number of halogens is 5. The second-order valence-electron chi connectivity index (χ2n) is 6.95. The van der Waals surface area contributed by atoms with Crippen molar-refractivity contribution in [1.29, 1.82) is 0 Å². The Morgan fingerprint density at radius 2 is 1.79 bits per heavy atom. The molecular formula is C18H19Cl2F3N4O. The summed E-state index contributed by atoms with van der Waals surface area (Å²) in [5.74, 6) is -0.325. The van der Waals surface area contributed by atoms with Crippen LogP contribution in [0, 0.1) is 6.92 Å². The van der Waals surface area contributed by atoms with Gasteiger partial charge in [-0.1, -0.05) is 35.3 Å². The van der Waals surface area contributed by atoms with Crippen molar-refractivity contribution in [3.05, 3.63) is 51.3 Å². The van der Waals surface area contributed by atoms with Gasteiger partial charge < -0.3 is 10.6 Å². The SMILES string of the molecule is Cc1c(Cl)c(C(F)(F)F)nn1CC(=O)N1CCC(N)(c2ccc(Cl)cc2)CC1. The number of aromatic nitrogens is 2. The number of carbonyl (C=O) groups excluding carboxylic acids is 1. The average molecular weight is 435 g/mol. The molecule has 1 aromatic heterocycles. The van der Waals surface area contributed by atoms with Crippen molar-refractivity contribution < 1.29 is 18.0 Å². The molecule has 0 atom stereocenters. The highest BCUT2D eigenvalue weighted by molar-refractivity contribution is 6.32. The zero-order valence-electron chi connectivity index (χ0n) is 15.1. The molecule has 3 rings (SSSR count). The van der Waals surface area contributed by atoms with Crippen molar-refractivity contribution in [2.45, 2.75) is 38.0 Å². The predicted molar refractivity (Wildman–Crippen MR) is 100 cm³/mol. The second-order valence-corrected chi connectivity index (χ2v) is 7.76. The van der Waals surface area contributed by atoms with Crippen molar-refractivity contribution in [3.8, 4) is 0 Å². The molecule has 1 aromatic carbocycles. The van der Waals surface area contributed by atoms with Gasteiger partial charge in [0.15, 0.2) is 5.69 Å². The molecule has 10 heteroatoms. The summed E-state index contributed by atoms with van der Waals surface area (Å²) in [5, 5.41) is 3.61.